The van der Waals surface area contributed by atoms with Crippen molar-refractivity contribution in [1.82, 2.24) is 10.6 Å². The molecular weight excluding hydrogens is 314 g/mol. The van der Waals surface area contributed by atoms with Gasteiger partial charge in [-0.05, 0) is 33.6 Å². The molecule has 0 spiro atoms. The topological polar surface area (TPSA) is 76.4 Å². The molecule has 0 aromatic carbocycles. The number of nitrogens with two attached hydrogens (primary N) is 1. The van der Waals surface area contributed by atoms with Crippen LogP contribution in [0.25, 0.3) is 0 Å². The second kappa shape index (κ2) is 11.9. The van der Waals surface area contributed by atoms with Crippen molar-refractivity contribution in [2.75, 3.05) is 26.2 Å². The van der Waals surface area contributed by atoms with Gasteiger partial charge in [0.05, 0.1) is 0 Å². The largest absolute Gasteiger partial charge is 0.460 e. The van der Waals surface area contributed by atoms with Gasteiger partial charge in [0.25, 0.3) is 0 Å². The lowest BCUT2D eigenvalue weighted by molar-refractivity contribution is -0.154. The van der Waals surface area contributed by atoms with Crippen LogP contribution < -0.4 is 16.4 Å². The first-order valence-corrected chi connectivity index (χ1v) is 10.2. The summed E-state index contributed by atoms with van der Waals surface area (Å²) in [5.41, 5.74) is 6.02. The van der Waals surface area contributed by atoms with Crippen LogP contribution >= 0.6 is 0 Å². The van der Waals surface area contributed by atoms with Crippen molar-refractivity contribution < 1.29 is 9.53 Å². The van der Waals surface area contributed by atoms with Crippen molar-refractivity contribution in [2.24, 2.45) is 5.73 Å². The highest BCUT2D eigenvalue weighted by atomic mass is 16.6. The van der Waals surface area contributed by atoms with Crippen LogP contribution in [0.5, 0.6) is 0 Å². The van der Waals surface area contributed by atoms with Crippen molar-refractivity contribution in [3.8, 4) is 0 Å². The number of carbonyl (C=O) groups is 1. The zero-order valence-electron chi connectivity index (χ0n) is 16.8. The monoisotopic (exact) mass is 355 g/mol. The molecule has 0 atom stereocenters. The van der Waals surface area contributed by atoms with Crippen LogP contribution in [-0.2, 0) is 9.53 Å². The van der Waals surface area contributed by atoms with Crippen LogP contribution in [0.2, 0.25) is 0 Å². The van der Waals surface area contributed by atoms with E-state index in [4.69, 9.17) is 10.5 Å². The predicted molar refractivity (Wildman–Crippen MR) is 105 cm³/mol. The Hall–Kier alpha value is -0.650. The van der Waals surface area contributed by atoms with Crippen molar-refractivity contribution in [1.29, 1.82) is 0 Å². The van der Waals surface area contributed by atoms with Gasteiger partial charge in [0.2, 0.25) is 0 Å². The number of hydrogen-bond donors (Lipinski definition) is 3. The molecule has 0 bridgehead atoms. The van der Waals surface area contributed by atoms with E-state index in [1.54, 1.807) is 0 Å². The molecule has 148 valence electrons. The third kappa shape index (κ3) is 12.4. The quantitative estimate of drug-likeness (QED) is 0.392. The lowest BCUT2D eigenvalue weighted by Gasteiger charge is -2.27. The second-order valence-electron chi connectivity index (χ2n) is 8.63. The number of hydrogen-bond acceptors (Lipinski definition) is 5. The fraction of sp³-hybridized carbons (Fsp3) is 0.950. The Kier molecular flexibility index (Phi) is 10.6. The van der Waals surface area contributed by atoms with Gasteiger partial charge in [-0.25, -0.2) is 0 Å². The SMILES string of the molecule is CC(C)(C)OC(=O)CCCCCCCCCCC1(N)CNCCNC1. The van der Waals surface area contributed by atoms with Gasteiger partial charge in [-0.3, -0.25) is 4.79 Å². The van der Waals surface area contributed by atoms with Gasteiger partial charge in [0, 0.05) is 38.1 Å². The summed E-state index contributed by atoms with van der Waals surface area (Å²) in [6, 6.07) is 0. The van der Waals surface area contributed by atoms with E-state index >= 15 is 0 Å². The molecule has 1 aliphatic heterocycles. The van der Waals surface area contributed by atoms with Crippen molar-refractivity contribution >= 4 is 5.97 Å². The highest BCUT2D eigenvalue weighted by Gasteiger charge is 2.25. The molecule has 1 heterocycles. The van der Waals surface area contributed by atoms with Crippen molar-refractivity contribution in [2.45, 2.75) is 96.1 Å². The number of nitrogens with one attached hydrogen (secondary N) is 2. The fourth-order valence-electron chi connectivity index (χ4n) is 3.29. The summed E-state index contributed by atoms with van der Waals surface area (Å²) in [5, 5.41) is 6.84. The Bertz CT molecular complexity index is 358. The summed E-state index contributed by atoms with van der Waals surface area (Å²) in [5.74, 6) is -0.0642. The zero-order chi connectivity index (χ0) is 18.6. The fourth-order valence-corrected chi connectivity index (χ4v) is 3.29. The highest BCUT2D eigenvalue weighted by molar-refractivity contribution is 5.69. The van der Waals surface area contributed by atoms with Gasteiger partial charge < -0.3 is 21.1 Å². The third-order valence-corrected chi connectivity index (χ3v) is 4.66. The molecule has 5 nitrogen and oxygen atoms in total. The average molecular weight is 356 g/mol. The predicted octanol–water partition coefficient (Wildman–Crippen LogP) is 3.12. The molecule has 0 saturated carbocycles. The number of esters is 1. The second-order valence-corrected chi connectivity index (χ2v) is 8.63. The Labute approximate surface area is 154 Å². The first-order chi connectivity index (χ1) is 11.8. The van der Waals surface area contributed by atoms with Gasteiger partial charge in [0.15, 0.2) is 0 Å². The van der Waals surface area contributed by atoms with Crippen LogP contribution in [0.1, 0.15) is 85.0 Å². The standard InChI is InChI=1S/C20H41N3O2/c1-19(2,3)25-18(24)12-10-8-6-4-5-7-9-11-13-20(21)16-22-14-15-23-17-20/h22-23H,4-17,21H2,1-3H3. The number of carbonyl (C=O) groups excluding carboxylic acids is 1. The average Bonchev–Trinajstić information content (AvgIpc) is 2.72. The van der Waals surface area contributed by atoms with Gasteiger partial charge in [0.1, 0.15) is 5.60 Å². The summed E-state index contributed by atoms with van der Waals surface area (Å²) in [6.07, 6.45) is 11.3. The molecule has 0 amide bonds. The lowest BCUT2D eigenvalue weighted by Crippen LogP contribution is -2.52. The third-order valence-electron chi connectivity index (χ3n) is 4.66. The minimum absolute atomic E-state index is 0.0642. The molecule has 25 heavy (non-hydrogen) atoms. The molecule has 0 radical (unpaired) electrons. The van der Waals surface area contributed by atoms with E-state index in [0.717, 1.165) is 45.4 Å². The van der Waals surface area contributed by atoms with Crippen molar-refractivity contribution in [3.63, 3.8) is 0 Å². The normalized spacial score (nSPS) is 17.9. The minimum Gasteiger partial charge on any atom is -0.460 e. The smallest absolute Gasteiger partial charge is 0.306 e. The van der Waals surface area contributed by atoms with E-state index in [2.05, 4.69) is 10.6 Å². The molecule has 5 heteroatoms. The molecule has 1 saturated heterocycles. The van der Waals surface area contributed by atoms with Crippen LogP contribution in [0.15, 0.2) is 0 Å². The van der Waals surface area contributed by atoms with Crippen LogP contribution in [0, 0.1) is 0 Å². The number of rotatable bonds is 11. The van der Waals surface area contributed by atoms with E-state index in [0.29, 0.717) is 6.42 Å². The summed E-state index contributed by atoms with van der Waals surface area (Å²) < 4.78 is 5.32. The minimum atomic E-state index is -0.359. The summed E-state index contributed by atoms with van der Waals surface area (Å²) in [6.45, 7) is 9.65. The first-order valence-electron chi connectivity index (χ1n) is 10.2. The van der Waals surface area contributed by atoms with Crippen molar-refractivity contribution in [3.05, 3.63) is 0 Å². The molecule has 4 N–H and O–H groups in total. The van der Waals surface area contributed by atoms with E-state index in [1.165, 1.54) is 38.5 Å². The first kappa shape index (κ1) is 22.4. The number of ether oxygens (including phenoxy) is 1. The molecular formula is C20H41N3O2. The van der Waals surface area contributed by atoms with Gasteiger partial charge in [-0.15, -0.1) is 0 Å². The zero-order valence-corrected chi connectivity index (χ0v) is 16.8. The maximum Gasteiger partial charge on any atom is 0.306 e. The summed E-state index contributed by atoms with van der Waals surface area (Å²) >= 11 is 0. The van der Waals surface area contributed by atoms with E-state index in [9.17, 15) is 4.79 Å². The molecule has 1 fully saturated rings. The van der Waals surface area contributed by atoms with Gasteiger partial charge in [-0.2, -0.15) is 0 Å². The molecule has 0 aliphatic carbocycles. The maximum absolute atomic E-state index is 11.6. The van der Waals surface area contributed by atoms with E-state index < -0.39 is 0 Å². The molecule has 1 aliphatic rings. The van der Waals surface area contributed by atoms with E-state index in [1.807, 2.05) is 20.8 Å². The van der Waals surface area contributed by atoms with E-state index in [-0.39, 0.29) is 17.1 Å². The Morgan fingerprint density at radius 3 is 1.92 bits per heavy atom. The molecule has 1 rings (SSSR count). The molecule has 0 aromatic heterocycles. The molecule has 0 aromatic rings. The lowest BCUT2D eigenvalue weighted by atomic mass is 9.92. The summed E-state index contributed by atoms with van der Waals surface area (Å²) in [4.78, 5) is 11.6. The Morgan fingerprint density at radius 2 is 1.40 bits per heavy atom. The summed E-state index contributed by atoms with van der Waals surface area (Å²) in [7, 11) is 0. The maximum atomic E-state index is 11.6. The highest BCUT2D eigenvalue weighted by Crippen LogP contribution is 2.16. The van der Waals surface area contributed by atoms with Gasteiger partial charge in [-0.1, -0.05) is 44.9 Å². The van der Waals surface area contributed by atoms with Crippen LogP contribution in [0.4, 0.5) is 0 Å². The Morgan fingerprint density at radius 1 is 0.920 bits per heavy atom. The van der Waals surface area contributed by atoms with Crippen LogP contribution in [-0.4, -0.2) is 43.3 Å². The number of unbranched alkanes of at least 4 members (excludes halogenated alkanes) is 7. The van der Waals surface area contributed by atoms with Crippen LogP contribution in [0.3, 0.4) is 0 Å². The van der Waals surface area contributed by atoms with Gasteiger partial charge >= 0.3 is 5.97 Å². The molecule has 0 unspecified atom stereocenters. The Balaban J connectivity index is 1.89.